The van der Waals surface area contributed by atoms with Gasteiger partial charge in [0, 0.05) is 17.3 Å². The first kappa shape index (κ1) is 22.0. The zero-order chi connectivity index (χ0) is 23.2. The second kappa shape index (κ2) is 9.94. The molecule has 0 fully saturated rings. The maximum atomic E-state index is 12.8. The van der Waals surface area contributed by atoms with Gasteiger partial charge in [-0.05, 0) is 55.0 Å². The Morgan fingerprint density at radius 3 is 2.79 bits per heavy atom. The van der Waals surface area contributed by atoms with Crippen LogP contribution in [-0.4, -0.2) is 20.7 Å². The molecule has 8 heteroatoms. The van der Waals surface area contributed by atoms with Crippen molar-refractivity contribution in [1.29, 1.82) is 5.26 Å². The standard InChI is InChI=1S/C25H21N5O2S/c1-17-5-2-8-20(11-17)24-28-29-25(33)30(24)15-23(31)27-21-9-4-10-22(13-21)32-16-19-7-3-6-18(12-19)14-26/h2-13H,15-16H2,1H3,(H,27,31)(H,29,33). The molecule has 1 amide bonds. The van der Waals surface area contributed by atoms with E-state index in [4.69, 9.17) is 22.2 Å². The van der Waals surface area contributed by atoms with Gasteiger partial charge in [-0.3, -0.25) is 14.5 Å². The molecule has 1 aromatic heterocycles. The number of nitriles is 1. The van der Waals surface area contributed by atoms with Crippen LogP contribution in [0.3, 0.4) is 0 Å². The monoisotopic (exact) mass is 455 g/mol. The number of H-pyrrole nitrogens is 1. The van der Waals surface area contributed by atoms with Gasteiger partial charge in [-0.25, -0.2) is 0 Å². The first-order chi connectivity index (χ1) is 16.0. The maximum absolute atomic E-state index is 12.8. The lowest BCUT2D eigenvalue weighted by Gasteiger charge is -2.11. The molecule has 4 rings (SSSR count). The van der Waals surface area contributed by atoms with Crippen LogP contribution < -0.4 is 10.1 Å². The number of nitrogens with zero attached hydrogens (tertiary/aromatic N) is 3. The number of amides is 1. The highest BCUT2D eigenvalue weighted by Crippen LogP contribution is 2.21. The summed E-state index contributed by atoms with van der Waals surface area (Å²) >= 11 is 5.33. The molecule has 1 heterocycles. The number of anilines is 1. The molecule has 0 aliphatic rings. The molecule has 0 aliphatic carbocycles. The van der Waals surface area contributed by atoms with E-state index in [0.717, 1.165) is 16.7 Å². The summed E-state index contributed by atoms with van der Waals surface area (Å²) in [6.07, 6.45) is 0. The van der Waals surface area contributed by atoms with Gasteiger partial charge in [0.15, 0.2) is 10.6 Å². The summed E-state index contributed by atoms with van der Waals surface area (Å²) in [5.41, 5.74) is 4.05. The highest BCUT2D eigenvalue weighted by Gasteiger charge is 2.13. The normalized spacial score (nSPS) is 10.4. The van der Waals surface area contributed by atoms with Crippen LogP contribution in [0.25, 0.3) is 11.4 Å². The van der Waals surface area contributed by atoms with E-state index in [-0.39, 0.29) is 12.5 Å². The average molecular weight is 456 g/mol. The fourth-order valence-corrected chi connectivity index (χ4v) is 3.57. The summed E-state index contributed by atoms with van der Waals surface area (Å²) < 4.78 is 7.87. The fraction of sp³-hybridized carbons (Fsp3) is 0.120. The van der Waals surface area contributed by atoms with E-state index < -0.39 is 0 Å². The quantitative estimate of drug-likeness (QED) is 0.382. The molecule has 0 radical (unpaired) electrons. The Labute approximate surface area is 196 Å². The summed E-state index contributed by atoms with van der Waals surface area (Å²) in [5, 5.41) is 19.0. The second-order valence-electron chi connectivity index (χ2n) is 7.48. The fourth-order valence-electron chi connectivity index (χ4n) is 3.37. The zero-order valence-corrected chi connectivity index (χ0v) is 18.7. The molecule has 4 aromatic rings. The van der Waals surface area contributed by atoms with Crippen LogP contribution >= 0.6 is 12.2 Å². The number of benzene rings is 3. The predicted molar refractivity (Wildman–Crippen MR) is 128 cm³/mol. The van der Waals surface area contributed by atoms with Crippen LogP contribution in [0, 0.1) is 23.0 Å². The molecule has 7 nitrogen and oxygen atoms in total. The topological polar surface area (TPSA) is 95.7 Å². The summed E-state index contributed by atoms with van der Waals surface area (Å²) in [5.74, 6) is 0.978. The van der Waals surface area contributed by atoms with Gasteiger partial charge in [0.25, 0.3) is 0 Å². The van der Waals surface area contributed by atoms with Gasteiger partial charge < -0.3 is 10.1 Å². The predicted octanol–water partition coefficient (Wildman–Crippen LogP) is 5.01. The van der Waals surface area contributed by atoms with E-state index in [9.17, 15) is 4.79 Å². The number of hydrogen-bond acceptors (Lipinski definition) is 5. The van der Waals surface area contributed by atoms with Gasteiger partial charge >= 0.3 is 0 Å². The average Bonchev–Trinajstić information content (AvgIpc) is 3.18. The van der Waals surface area contributed by atoms with E-state index in [2.05, 4.69) is 21.6 Å². The summed E-state index contributed by atoms with van der Waals surface area (Å²) in [4.78, 5) is 12.8. The van der Waals surface area contributed by atoms with Gasteiger partial charge in [-0.2, -0.15) is 10.4 Å². The molecule has 0 unspecified atom stereocenters. The molecule has 0 saturated heterocycles. The van der Waals surface area contributed by atoms with Crippen molar-refractivity contribution in [2.24, 2.45) is 0 Å². The second-order valence-corrected chi connectivity index (χ2v) is 7.87. The third-order valence-electron chi connectivity index (χ3n) is 4.92. The van der Waals surface area contributed by atoms with Crippen molar-refractivity contribution in [2.75, 3.05) is 5.32 Å². The van der Waals surface area contributed by atoms with Crippen LogP contribution in [-0.2, 0) is 17.9 Å². The minimum Gasteiger partial charge on any atom is -0.489 e. The van der Waals surface area contributed by atoms with E-state index in [0.29, 0.717) is 34.2 Å². The number of carbonyl (C=O) groups is 1. The van der Waals surface area contributed by atoms with Crippen LogP contribution in [0.1, 0.15) is 16.7 Å². The third kappa shape index (κ3) is 5.53. The molecular formula is C25H21N5O2S. The van der Waals surface area contributed by atoms with Crippen molar-refractivity contribution < 1.29 is 9.53 Å². The molecule has 0 aliphatic heterocycles. The molecule has 3 aromatic carbocycles. The number of carbonyl (C=O) groups excluding carboxylic acids is 1. The van der Waals surface area contributed by atoms with Crippen LogP contribution in [0.4, 0.5) is 5.69 Å². The van der Waals surface area contributed by atoms with Crippen molar-refractivity contribution in [3.8, 4) is 23.2 Å². The SMILES string of the molecule is Cc1cccc(-c2n[nH]c(=S)n2CC(=O)Nc2cccc(OCc3cccc(C#N)c3)c2)c1. The minimum atomic E-state index is -0.236. The highest BCUT2D eigenvalue weighted by molar-refractivity contribution is 7.71. The Morgan fingerprint density at radius 2 is 1.97 bits per heavy atom. The Kier molecular flexibility index (Phi) is 6.62. The van der Waals surface area contributed by atoms with E-state index >= 15 is 0 Å². The zero-order valence-electron chi connectivity index (χ0n) is 17.9. The third-order valence-corrected chi connectivity index (χ3v) is 5.23. The lowest BCUT2D eigenvalue weighted by atomic mass is 10.1. The van der Waals surface area contributed by atoms with E-state index in [1.807, 2.05) is 49.4 Å². The molecule has 0 bridgehead atoms. The van der Waals surface area contributed by atoms with Gasteiger partial charge in [0.2, 0.25) is 5.91 Å². The van der Waals surface area contributed by atoms with Gasteiger partial charge in [0.1, 0.15) is 18.9 Å². The summed E-state index contributed by atoms with van der Waals surface area (Å²) in [6, 6.07) is 24.4. The van der Waals surface area contributed by atoms with Gasteiger partial charge in [-0.15, -0.1) is 0 Å². The molecule has 0 saturated carbocycles. The summed E-state index contributed by atoms with van der Waals surface area (Å²) in [6.45, 7) is 2.33. The van der Waals surface area contributed by atoms with Gasteiger partial charge in [-0.1, -0.05) is 42.0 Å². The Balaban J connectivity index is 1.43. The molecule has 0 atom stereocenters. The smallest absolute Gasteiger partial charge is 0.244 e. The lowest BCUT2D eigenvalue weighted by Crippen LogP contribution is -2.19. The van der Waals surface area contributed by atoms with Crippen molar-refractivity contribution in [2.45, 2.75) is 20.1 Å². The van der Waals surface area contributed by atoms with Crippen LogP contribution in [0.5, 0.6) is 5.75 Å². The molecular weight excluding hydrogens is 434 g/mol. The number of aryl methyl sites for hydroxylation is 1. The minimum absolute atomic E-state index is 0.0185. The van der Waals surface area contributed by atoms with Crippen LogP contribution in [0.2, 0.25) is 0 Å². The van der Waals surface area contributed by atoms with Crippen molar-refractivity contribution >= 4 is 23.8 Å². The lowest BCUT2D eigenvalue weighted by molar-refractivity contribution is -0.116. The Bertz CT molecular complexity index is 1400. The first-order valence-electron chi connectivity index (χ1n) is 10.3. The van der Waals surface area contributed by atoms with E-state index in [1.54, 1.807) is 34.9 Å². The number of hydrogen-bond donors (Lipinski definition) is 2. The number of ether oxygens (including phenoxy) is 1. The van der Waals surface area contributed by atoms with Crippen LogP contribution in [0.15, 0.2) is 72.8 Å². The maximum Gasteiger partial charge on any atom is 0.244 e. The molecule has 2 N–H and O–H groups in total. The van der Waals surface area contributed by atoms with Gasteiger partial charge in [0.05, 0.1) is 11.6 Å². The van der Waals surface area contributed by atoms with E-state index in [1.165, 1.54) is 0 Å². The molecule has 164 valence electrons. The number of rotatable bonds is 7. The van der Waals surface area contributed by atoms with Crippen molar-refractivity contribution in [1.82, 2.24) is 14.8 Å². The number of nitrogens with one attached hydrogen (secondary N) is 2. The first-order valence-corrected chi connectivity index (χ1v) is 10.7. The largest absolute Gasteiger partial charge is 0.489 e. The molecule has 33 heavy (non-hydrogen) atoms. The number of aromatic amines is 1. The Morgan fingerprint density at radius 1 is 1.15 bits per heavy atom. The Hall–Kier alpha value is -4.22. The van der Waals surface area contributed by atoms with Crippen molar-refractivity contribution in [3.05, 3.63) is 94.3 Å². The summed E-state index contributed by atoms with van der Waals surface area (Å²) in [7, 11) is 0. The van der Waals surface area contributed by atoms with Crippen molar-refractivity contribution in [3.63, 3.8) is 0 Å². The molecule has 0 spiro atoms. The highest BCUT2D eigenvalue weighted by atomic mass is 32.1. The number of aromatic nitrogens is 3.